The van der Waals surface area contributed by atoms with Crippen LogP contribution in [0.25, 0.3) is 0 Å². The summed E-state index contributed by atoms with van der Waals surface area (Å²) in [5.41, 5.74) is 0.935. The van der Waals surface area contributed by atoms with E-state index in [9.17, 15) is 14.7 Å². The zero-order valence-corrected chi connectivity index (χ0v) is 15.0. The fraction of sp³-hybridized carbons (Fsp3) is 0.810. The topological polar surface area (TPSA) is 54.4 Å². The van der Waals surface area contributed by atoms with E-state index >= 15 is 0 Å². The van der Waals surface area contributed by atoms with Gasteiger partial charge in [-0.05, 0) is 68.3 Å². The zero-order valence-electron chi connectivity index (χ0n) is 15.0. The van der Waals surface area contributed by atoms with Crippen LogP contribution in [0.3, 0.4) is 0 Å². The van der Waals surface area contributed by atoms with Crippen molar-refractivity contribution < 1.29 is 14.7 Å². The summed E-state index contributed by atoms with van der Waals surface area (Å²) in [5, 5.41) is 10.5. The molecule has 0 saturated heterocycles. The number of ketones is 2. The minimum atomic E-state index is -0.190. The van der Waals surface area contributed by atoms with Gasteiger partial charge in [-0.25, -0.2) is 0 Å². The van der Waals surface area contributed by atoms with Gasteiger partial charge in [-0.1, -0.05) is 19.4 Å². The average Bonchev–Trinajstić information content (AvgIpc) is 2.89. The van der Waals surface area contributed by atoms with Crippen molar-refractivity contribution in [1.29, 1.82) is 0 Å². The molecule has 3 saturated carbocycles. The highest BCUT2D eigenvalue weighted by molar-refractivity contribution is 5.92. The van der Waals surface area contributed by atoms with Gasteiger partial charge >= 0.3 is 0 Å². The van der Waals surface area contributed by atoms with Crippen LogP contribution in [0.2, 0.25) is 0 Å². The minimum Gasteiger partial charge on any atom is -0.395 e. The molecule has 4 aliphatic rings. The number of aliphatic hydroxyl groups is 1. The lowest BCUT2D eigenvalue weighted by molar-refractivity contribution is -0.135. The molecule has 3 heteroatoms. The molecule has 0 spiro atoms. The fourth-order valence-corrected chi connectivity index (χ4v) is 7.01. The maximum atomic E-state index is 12.5. The molecule has 1 N–H and O–H groups in total. The van der Waals surface area contributed by atoms with E-state index in [1.807, 2.05) is 6.08 Å². The summed E-state index contributed by atoms with van der Waals surface area (Å²) in [6, 6.07) is 0. The molecule has 0 heterocycles. The first-order valence-corrected chi connectivity index (χ1v) is 9.85. The smallest absolute Gasteiger partial charge is 0.155 e. The lowest BCUT2D eigenvalue weighted by Crippen LogP contribution is -2.55. The summed E-state index contributed by atoms with van der Waals surface area (Å²) in [7, 11) is 0. The van der Waals surface area contributed by atoms with E-state index in [1.165, 1.54) is 5.57 Å². The van der Waals surface area contributed by atoms with E-state index in [2.05, 4.69) is 13.8 Å². The van der Waals surface area contributed by atoms with Crippen LogP contribution in [0.15, 0.2) is 11.6 Å². The van der Waals surface area contributed by atoms with Crippen LogP contribution in [0, 0.1) is 34.5 Å². The van der Waals surface area contributed by atoms with Crippen molar-refractivity contribution in [3.63, 3.8) is 0 Å². The van der Waals surface area contributed by atoms with Gasteiger partial charge in [0.05, 0.1) is 6.61 Å². The second kappa shape index (κ2) is 5.52. The highest BCUT2D eigenvalue weighted by atomic mass is 16.3. The van der Waals surface area contributed by atoms with Gasteiger partial charge in [0, 0.05) is 23.7 Å². The number of hydrogen-bond donors (Lipinski definition) is 1. The van der Waals surface area contributed by atoms with Gasteiger partial charge < -0.3 is 5.11 Å². The zero-order chi connectivity index (χ0) is 17.1. The summed E-state index contributed by atoms with van der Waals surface area (Å²) in [4.78, 5) is 24.6. The molecule has 0 aromatic carbocycles. The van der Waals surface area contributed by atoms with Gasteiger partial charge in [-0.3, -0.25) is 9.59 Å². The Morgan fingerprint density at radius 3 is 2.67 bits per heavy atom. The summed E-state index contributed by atoms with van der Waals surface area (Å²) < 4.78 is 0. The number of hydrogen-bond acceptors (Lipinski definition) is 3. The van der Waals surface area contributed by atoms with E-state index in [-0.39, 0.29) is 23.2 Å². The standard InChI is InChI=1S/C21H30O3/c1-3-13-10-15-16-4-5-19(24)20(16,2)8-7-17(15)21(12-22)9-6-14(23)11-18(13)21/h11,13,15-17,22H,3-10,12H2,1-2H3/t13?,15-,16-,17-,20-,21-/m0/s1. The quantitative estimate of drug-likeness (QED) is 0.840. The van der Waals surface area contributed by atoms with Gasteiger partial charge in [0.25, 0.3) is 0 Å². The number of rotatable bonds is 2. The van der Waals surface area contributed by atoms with Crippen molar-refractivity contribution in [3.05, 3.63) is 11.6 Å². The first-order chi connectivity index (χ1) is 11.5. The van der Waals surface area contributed by atoms with Crippen LogP contribution in [0.1, 0.15) is 65.2 Å². The SMILES string of the molecule is CCC1C[C@@H]2[C@H](CC[C@]3(C)C(=O)CC[C@@H]23)[C@@]2(CO)CCC(=O)C=C12. The number of carbonyl (C=O) groups excluding carboxylic acids is 2. The predicted molar refractivity (Wildman–Crippen MR) is 92.3 cm³/mol. The van der Waals surface area contributed by atoms with E-state index < -0.39 is 0 Å². The molecule has 1 unspecified atom stereocenters. The lowest BCUT2D eigenvalue weighted by Gasteiger charge is -2.59. The summed E-state index contributed by atoms with van der Waals surface area (Å²) in [6.45, 7) is 4.57. The van der Waals surface area contributed by atoms with Crippen molar-refractivity contribution in [2.75, 3.05) is 6.61 Å². The van der Waals surface area contributed by atoms with Crippen LogP contribution >= 0.6 is 0 Å². The maximum Gasteiger partial charge on any atom is 0.155 e. The molecule has 3 fully saturated rings. The van der Waals surface area contributed by atoms with Crippen molar-refractivity contribution in [1.82, 2.24) is 0 Å². The number of Topliss-reactive ketones (excluding diaryl/α,β-unsaturated/α-hetero) is 1. The summed E-state index contributed by atoms with van der Waals surface area (Å²) >= 11 is 0. The molecule has 24 heavy (non-hydrogen) atoms. The summed E-state index contributed by atoms with van der Waals surface area (Å²) in [5.74, 6) is 2.59. The van der Waals surface area contributed by atoms with Gasteiger partial charge in [-0.15, -0.1) is 0 Å². The molecule has 0 amide bonds. The first kappa shape index (κ1) is 16.5. The van der Waals surface area contributed by atoms with Crippen molar-refractivity contribution in [2.24, 2.45) is 34.5 Å². The first-order valence-electron chi connectivity index (χ1n) is 9.85. The van der Waals surface area contributed by atoms with Crippen LogP contribution in [0.5, 0.6) is 0 Å². The van der Waals surface area contributed by atoms with Crippen LogP contribution in [0.4, 0.5) is 0 Å². The lowest BCUT2D eigenvalue weighted by atomic mass is 9.45. The Morgan fingerprint density at radius 1 is 1.17 bits per heavy atom. The molecule has 0 aromatic rings. The minimum absolute atomic E-state index is 0.123. The fourth-order valence-electron chi connectivity index (χ4n) is 7.01. The van der Waals surface area contributed by atoms with E-state index in [1.54, 1.807) is 0 Å². The van der Waals surface area contributed by atoms with Gasteiger partial charge in [0.15, 0.2) is 5.78 Å². The Bertz CT molecular complexity index is 606. The Labute approximate surface area is 144 Å². The Hall–Kier alpha value is -0.960. The van der Waals surface area contributed by atoms with Crippen molar-refractivity contribution >= 4 is 11.6 Å². The van der Waals surface area contributed by atoms with Gasteiger partial charge in [0.1, 0.15) is 5.78 Å². The van der Waals surface area contributed by atoms with E-state index in [0.29, 0.717) is 35.9 Å². The molecule has 0 aromatic heterocycles. The third-order valence-electron chi connectivity index (χ3n) is 8.34. The molecule has 132 valence electrons. The highest BCUT2D eigenvalue weighted by Gasteiger charge is 2.61. The molecule has 0 radical (unpaired) electrons. The molecule has 3 nitrogen and oxygen atoms in total. The highest BCUT2D eigenvalue weighted by Crippen LogP contribution is 2.65. The number of carbonyl (C=O) groups is 2. The normalized spacial score (nSPS) is 47.7. The van der Waals surface area contributed by atoms with Crippen LogP contribution in [-0.4, -0.2) is 23.3 Å². The second-order valence-electron chi connectivity index (χ2n) is 9.02. The Kier molecular flexibility index (Phi) is 3.80. The Balaban J connectivity index is 1.78. The monoisotopic (exact) mass is 330 g/mol. The van der Waals surface area contributed by atoms with Crippen LogP contribution < -0.4 is 0 Å². The van der Waals surface area contributed by atoms with E-state index in [4.69, 9.17) is 0 Å². The molecule has 0 bridgehead atoms. The van der Waals surface area contributed by atoms with Crippen LogP contribution in [-0.2, 0) is 9.59 Å². The number of fused-ring (bicyclic) bond motifs is 5. The van der Waals surface area contributed by atoms with Gasteiger partial charge in [0.2, 0.25) is 0 Å². The third kappa shape index (κ3) is 2.00. The molecular formula is C21H30O3. The number of aliphatic hydroxyl groups excluding tert-OH is 1. The molecular weight excluding hydrogens is 300 g/mol. The maximum absolute atomic E-state index is 12.5. The third-order valence-corrected chi connectivity index (χ3v) is 8.34. The average molecular weight is 330 g/mol. The van der Waals surface area contributed by atoms with Crippen molar-refractivity contribution in [2.45, 2.75) is 65.2 Å². The molecule has 0 aliphatic heterocycles. The van der Waals surface area contributed by atoms with E-state index in [0.717, 1.165) is 44.9 Å². The largest absolute Gasteiger partial charge is 0.395 e. The molecule has 6 atom stereocenters. The van der Waals surface area contributed by atoms with Crippen molar-refractivity contribution in [3.8, 4) is 0 Å². The molecule has 4 rings (SSSR count). The van der Waals surface area contributed by atoms with Gasteiger partial charge in [-0.2, -0.15) is 0 Å². The summed E-state index contributed by atoms with van der Waals surface area (Å²) in [6.07, 6.45) is 9.19. The molecule has 4 aliphatic carbocycles. The Morgan fingerprint density at radius 2 is 1.96 bits per heavy atom. The second-order valence-corrected chi connectivity index (χ2v) is 9.02. The predicted octanol–water partition coefficient (Wildman–Crippen LogP) is 3.70.